The number of hydrogen-bond acceptors (Lipinski definition) is 7. The lowest BCUT2D eigenvalue weighted by atomic mass is 9.90. The summed E-state index contributed by atoms with van der Waals surface area (Å²) in [5, 5.41) is 9.56. The van der Waals surface area contributed by atoms with Crippen molar-refractivity contribution in [2.75, 3.05) is 19.0 Å². The number of aromatic nitrogens is 3. The molecule has 0 unspecified atom stereocenters. The SMILES string of the molecule is CCc1cc(Nc2nccn3c(-c4ccc(OC)c(F)c4F)cnc23)ccc1C(=O)NC1CCC(NC(=O)CCCCN=CN)CC1. The Hall–Kier alpha value is -5.07. The second kappa shape index (κ2) is 15.5. The molecule has 1 aliphatic rings. The number of ether oxygens (including phenoxy) is 1. The molecule has 0 aliphatic heterocycles. The fourth-order valence-electron chi connectivity index (χ4n) is 5.92. The van der Waals surface area contributed by atoms with Gasteiger partial charge < -0.3 is 26.4 Å². The normalized spacial score (nSPS) is 16.3. The highest BCUT2D eigenvalue weighted by molar-refractivity contribution is 5.96. The number of benzene rings is 2. The molecule has 0 saturated heterocycles. The minimum absolute atomic E-state index is 0.0349. The summed E-state index contributed by atoms with van der Waals surface area (Å²) in [6.07, 6.45) is 11.8. The third kappa shape index (κ3) is 7.84. The molecule has 1 fully saturated rings. The zero-order valence-corrected chi connectivity index (χ0v) is 26.6. The van der Waals surface area contributed by atoms with E-state index < -0.39 is 11.6 Å². The molecule has 2 amide bonds. The van der Waals surface area contributed by atoms with Gasteiger partial charge in [0.2, 0.25) is 11.7 Å². The summed E-state index contributed by atoms with van der Waals surface area (Å²) in [6, 6.07) is 8.46. The van der Waals surface area contributed by atoms with Crippen molar-refractivity contribution >= 4 is 35.3 Å². The van der Waals surface area contributed by atoms with Crippen molar-refractivity contribution in [3.05, 3.63) is 71.7 Å². The number of imidazole rings is 1. The number of amides is 2. The van der Waals surface area contributed by atoms with Gasteiger partial charge in [-0.25, -0.2) is 14.4 Å². The number of hydrogen-bond donors (Lipinski definition) is 4. The van der Waals surface area contributed by atoms with Crippen LogP contribution in [-0.4, -0.2) is 58.3 Å². The molecule has 0 atom stereocenters. The number of nitrogens with zero attached hydrogens (tertiary/aromatic N) is 4. The molecule has 5 N–H and O–H groups in total. The second-order valence-corrected chi connectivity index (χ2v) is 11.5. The number of methoxy groups -OCH3 is 1. The highest BCUT2D eigenvalue weighted by Crippen LogP contribution is 2.32. The van der Waals surface area contributed by atoms with Crippen LogP contribution in [0.25, 0.3) is 16.9 Å². The van der Waals surface area contributed by atoms with Crippen LogP contribution in [0.1, 0.15) is 67.8 Å². The molecule has 2 aromatic carbocycles. The molecule has 0 bridgehead atoms. The van der Waals surface area contributed by atoms with Crippen LogP contribution in [0.2, 0.25) is 0 Å². The molecule has 13 heteroatoms. The quantitative estimate of drug-likeness (QED) is 0.0875. The van der Waals surface area contributed by atoms with Gasteiger partial charge in [0.05, 0.1) is 25.3 Å². The fourth-order valence-corrected chi connectivity index (χ4v) is 5.92. The van der Waals surface area contributed by atoms with Crippen LogP contribution < -0.4 is 26.4 Å². The Morgan fingerprint density at radius 2 is 1.83 bits per heavy atom. The Morgan fingerprint density at radius 1 is 1.06 bits per heavy atom. The fraction of sp³-hybridized carbons (Fsp3) is 0.382. The van der Waals surface area contributed by atoms with Crippen LogP contribution in [0.3, 0.4) is 0 Å². The largest absolute Gasteiger partial charge is 0.494 e. The number of carbonyl (C=O) groups is 2. The van der Waals surface area contributed by atoms with Crippen molar-refractivity contribution in [3.8, 4) is 17.0 Å². The molecule has 4 aromatic rings. The maximum atomic E-state index is 14.9. The van der Waals surface area contributed by atoms with E-state index in [1.807, 2.05) is 13.0 Å². The van der Waals surface area contributed by atoms with Gasteiger partial charge in [0.15, 0.2) is 23.0 Å². The predicted octanol–water partition coefficient (Wildman–Crippen LogP) is 5.30. The van der Waals surface area contributed by atoms with Gasteiger partial charge in [0.25, 0.3) is 5.91 Å². The number of carbonyl (C=O) groups excluding carboxylic acids is 2. The lowest BCUT2D eigenvalue weighted by molar-refractivity contribution is -0.122. The molecule has 2 heterocycles. The van der Waals surface area contributed by atoms with Gasteiger partial charge >= 0.3 is 0 Å². The Labute approximate surface area is 272 Å². The van der Waals surface area contributed by atoms with Crippen LogP contribution in [0.15, 0.2) is 53.9 Å². The number of aryl methyl sites for hydroxylation is 1. The molecule has 1 aliphatic carbocycles. The van der Waals surface area contributed by atoms with Crippen molar-refractivity contribution in [3.63, 3.8) is 0 Å². The Balaban J connectivity index is 1.20. The zero-order chi connectivity index (χ0) is 33.3. The minimum atomic E-state index is -1.07. The molecule has 5 rings (SSSR count). The molecule has 11 nitrogen and oxygen atoms in total. The Kier molecular flexibility index (Phi) is 11.0. The monoisotopic (exact) mass is 646 g/mol. The first-order valence-electron chi connectivity index (χ1n) is 15.9. The lowest BCUT2D eigenvalue weighted by Gasteiger charge is -2.30. The third-order valence-corrected chi connectivity index (χ3v) is 8.44. The van der Waals surface area contributed by atoms with Gasteiger partial charge in [-0.3, -0.25) is 19.0 Å². The van der Waals surface area contributed by atoms with Gasteiger partial charge in [0, 0.05) is 54.3 Å². The van der Waals surface area contributed by atoms with E-state index in [-0.39, 0.29) is 35.2 Å². The van der Waals surface area contributed by atoms with E-state index in [1.54, 1.807) is 28.9 Å². The molecular weight excluding hydrogens is 606 g/mol. The van der Waals surface area contributed by atoms with Crippen molar-refractivity contribution in [1.82, 2.24) is 25.0 Å². The number of anilines is 2. The molecule has 2 aromatic heterocycles. The van der Waals surface area contributed by atoms with E-state index in [2.05, 4.69) is 30.9 Å². The smallest absolute Gasteiger partial charge is 0.251 e. The molecule has 1 saturated carbocycles. The van der Waals surface area contributed by atoms with E-state index in [0.29, 0.717) is 47.8 Å². The average Bonchev–Trinajstić information content (AvgIpc) is 3.51. The van der Waals surface area contributed by atoms with E-state index in [1.165, 1.54) is 31.8 Å². The van der Waals surface area contributed by atoms with Gasteiger partial charge in [-0.05, 0) is 80.8 Å². The third-order valence-electron chi connectivity index (χ3n) is 8.44. The van der Waals surface area contributed by atoms with Crippen LogP contribution in [0.4, 0.5) is 20.3 Å². The topological polar surface area (TPSA) is 148 Å². The van der Waals surface area contributed by atoms with E-state index >= 15 is 0 Å². The van der Waals surface area contributed by atoms with Crippen LogP contribution >= 0.6 is 0 Å². The van der Waals surface area contributed by atoms with Crippen molar-refractivity contribution in [2.24, 2.45) is 10.7 Å². The van der Waals surface area contributed by atoms with E-state index in [4.69, 9.17) is 10.5 Å². The lowest BCUT2D eigenvalue weighted by Crippen LogP contribution is -2.43. The summed E-state index contributed by atoms with van der Waals surface area (Å²) in [4.78, 5) is 38.4. The summed E-state index contributed by atoms with van der Waals surface area (Å²) < 4.78 is 35.8. The standard InChI is InChI=1S/C34H40F2N8O3/c1-3-21-18-24(42-32-33-40-19-27(44(33)17-16-39-32)26-13-14-28(47-2)31(36)30(26)35)11-12-25(21)34(46)43-23-9-7-22(8-10-23)41-29(45)6-4-5-15-38-20-37/h11-14,16-20,22-23H,3-10,15H2,1-2H3,(H2,37,38)(H,39,42)(H,41,45)(H,43,46). The number of halogens is 2. The Morgan fingerprint density at radius 3 is 2.55 bits per heavy atom. The van der Waals surface area contributed by atoms with Crippen molar-refractivity contribution in [1.29, 1.82) is 0 Å². The molecule has 0 spiro atoms. The summed E-state index contributed by atoms with van der Waals surface area (Å²) in [5.74, 6) is -1.95. The average molecular weight is 647 g/mol. The maximum absolute atomic E-state index is 14.9. The first-order valence-corrected chi connectivity index (χ1v) is 15.9. The number of nitrogens with two attached hydrogens (primary N) is 1. The number of aliphatic imine (C=N–C) groups is 1. The number of unbranched alkanes of at least 4 members (excludes halogenated alkanes) is 1. The molecule has 248 valence electrons. The minimum Gasteiger partial charge on any atom is -0.494 e. The summed E-state index contributed by atoms with van der Waals surface area (Å²) in [6.45, 7) is 2.62. The van der Waals surface area contributed by atoms with Crippen molar-refractivity contribution < 1.29 is 23.1 Å². The highest BCUT2D eigenvalue weighted by Gasteiger charge is 2.25. The maximum Gasteiger partial charge on any atom is 0.251 e. The molecular formula is C34H40F2N8O3. The highest BCUT2D eigenvalue weighted by atomic mass is 19.2. The summed E-state index contributed by atoms with van der Waals surface area (Å²) >= 11 is 0. The first-order chi connectivity index (χ1) is 22.8. The zero-order valence-electron chi connectivity index (χ0n) is 26.6. The summed E-state index contributed by atoms with van der Waals surface area (Å²) in [5.41, 5.74) is 8.20. The first kappa shape index (κ1) is 33.3. The van der Waals surface area contributed by atoms with Crippen molar-refractivity contribution in [2.45, 2.75) is 70.4 Å². The predicted molar refractivity (Wildman–Crippen MR) is 177 cm³/mol. The van der Waals surface area contributed by atoms with Gasteiger partial charge in [0.1, 0.15) is 0 Å². The molecule has 0 radical (unpaired) electrons. The molecule has 47 heavy (non-hydrogen) atoms. The number of nitrogens with one attached hydrogen (secondary N) is 3. The van der Waals surface area contributed by atoms with Gasteiger partial charge in [-0.15, -0.1) is 0 Å². The van der Waals surface area contributed by atoms with Crippen LogP contribution in [0.5, 0.6) is 5.75 Å². The van der Waals surface area contributed by atoms with E-state index in [0.717, 1.165) is 44.1 Å². The van der Waals surface area contributed by atoms with Crippen LogP contribution in [-0.2, 0) is 11.2 Å². The van der Waals surface area contributed by atoms with Gasteiger partial charge in [-0.1, -0.05) is 6.92 Å². The van der Waals surface area contributed by atoms with Crippen LogP contribution in [0, 0.1) is 11.6 Å². The van der Waals surface area contributed by atoms with Gasteiger partial charge in [-0.2, -0.15) is 4.39 Å². The van der Waals surface area contributed by atoms with E-state index in [9.17, 15) is 18.4 Å². The Bertz CT molecular complexity index is 1750. The number of rotatable bonds is 13. The summed E-state index contributed by atoms with van der Waals surface area (Å²) in [7, 11) is 1.28. The number of fused-ring (bicyclic) bond motifs is 1. The second-order valence-electron chi connectivity index (χ2n) is 11.5.